The Balaban J connectivity index is 1.56. The van der Waals surface area contributed by atoms with E-state index >= 15 is 0 Å². The topological polar surface area (TPSA) is 42.5 Å². The lowest BCUT2D eigenvalue weighted by Crippen LogP contribution is -2.42. The lowest BCUT2D eigenvalue weighted by Gasteiger charge is -2.33. The van der Waals surface area contributed by atoms with Gasteiger partial charge in [-0.3, -0.25) is 4.79 Å². The highest BCUT2D eigenvalue weighted by atomic mass is 19.4. The van der Waals surface area contributed by atoms with E-state index in [1.165, 1.54) is 12.1 Å². The highest BCUT2D eigenvalue weighted by Gasteiger charge is 2.34. The van der Waals surface area contributed by atoms with E-state index in [9.17, 15) is 18.0 Å². The van der Waals surface area contributed by atoms with Gasteiger partial charge in [-0.25, -0.2) is 4.52 Å². The van der Waals surface area contributed by atoms with E-state index in [-0.39, 0.29) is 11.9 Å². The quantitative estimate of drug-likeness (QED) is 0.465. The Kier molecular flexibility index (Phi) is 3.99. The van der Waals surface area contributed by atoms with Gasteiger partial charge in [0, 0.05) is 42.4 Å². The summed E-state index contributed by atoms with van der Waals surface area (Å²) in [5.41, 5.74) is 2.81. The van der Waals surface area contributed by atoms with E-state index in [1.807, 2.05) is 48.1 Å². The predicted molar refractivity (Wildman–Crippen MR) is 106 cm³/mol. The van der Waals surface area contributed by atoms with Crippen molar-refractivity contribution in [3.63, 3.8) is 0 Å². The number of hydrogen-bond donors (Lipinski definition) is 0. The maximum atomic E-state index is 13.4. The van der Waals surface area contributed by atoms with Crippen LogP contribution >= 0.6 is 0 Å². The normalized spacial score (nSPS) is 16.9. The molecule has 30 heavy (non-hydrogen) atoms. The lowest BCUT2D eigenvalue weighted by atomic mass is 10.0. The first-order valence-electron chi connectivity index (χ1n) is 9.46. The van der Waals surface area contributed by atoms with E-state index in [0.717, 1.165) is 28.8 Å². The minimum absolute atomic E-state index is 0.0209. The largest absolute Gasteiger partial charge is 0.416 e. The molecule has 3 aromatic heterocycles. The number of aromatic nitrogens is 3. The van der Waals surface area contributed by atoms with Gasteiger partial charge in [0.1, 0.15) is 5.69 Å². The molecule has 1 aliphatic rings. The van der Waals surface area contributed by atoms with Crippen molar-refractivity contribution in [3.05, 3.63) is 78.4 Å². The number of alkyl halides is 3. The minimum Gasteiger partial charge on any atom is -0.338 e. The van der Waals surface area contributed by atoms with E-state index in [4.69, 9.17) is 0 Å². The van der Waals surface area contributed by atoms with Crippen molar-refractivity contribution >= 4 is 17.1 Å². The van der Waals surface area contributed by atoms with Crippen LogP contribution in [0.5, 0.6) is 0 Å². The molecule has 4 heterocycles. The Bertz CT molecular complexity index is 1250. The van der Waals surface area contributed by atoms with Crippen LogP contribution < -0.4 is 4.90 Å². The first-order valence-corrected chi connectivity index (χ1v) is 9.46. The first kappa shape index (κ1) is 18.5. The molecule has 152 valence electrons. The van der Waals surface area contributed by atoms with Gasteiger partial charge in [0.15, 0.2) is 0 Å². The van der Waals surface area contributed by atoms with Crippen LogP contribution in [0.25, 0.3) is 16.6 Å². The summed E-state index contributed by atoms with van der Waals surface area (Å²) in [6, 6.07) is 12.3. The molecule has 1 aliphatic heterocycles. The van der Waals surface area contributed by atoms with Gasteiger partial charge in [0.05, 0.1) is 11.1 Å². The summed E-state index contributed by atoms with van der Waals surface area (Å²) in [5, 5.41) is 4.19. The van der Waals surface area contributed by atoms with Crippen LogP contribution in [-0.4, -0.2) is 26.6 Å². The molecule has 0 fully saturated rings. The first-order chi connectivity index (χ1) is 14.3. The number of carbonyl (C=O) groups is 1. The van der Waals surface area contributed by atoms with E-state index in [1.54, 1.807) is 15.6 Å². The van der Waals surface area contributed by atoms with Gasteiger partial charge in [-0.05, 0) is 61.0 Å². The Labute approximate surface area is 170 Å². The lowest BCUT2D eigenvalue weighted by molar-refractivity contribution is -0.137. The molecule has 0 unspecified atom stereocenters. The average molecular weight is 410 g/mol. The fourth-order valence-corrected chi connectivity index (χ4v) is 3.98. The second kappa shape index (κ2) is 6.48. The third kappa shape index (κ3) is 2.87. The molecule has 0 aliphatic carbocycles. The number of halogens is 3. The van der Waals surface area contributed by atoms with Crippen LogP contribution in [0.3, 0.4) is 0 Å². The van der Waals surface area contributed by atoms with Crippen LogP contribution in [0.15, 0.2) is 67.1 Å². The summed E-state index contributed by atoms with van der Waals surface area (Å²) in [6.45, 7) is 2.37. The average Bonchev–Trinajstić information content (AvgIpc) is 3.37. The zero-order chi connectivity index (χ0) is 21.0. The summed E-state index contributed by atoms with van der Waals surface area (Å²) in [4.78, 5) is 14.9. The molecule has 4 aromatic rings. The van der Waals surface area contributed by atoms with Crippen molar-refractivity contribution in [2.24, 2.45) is 0 Å². The Hall–Kier alpha value is -3.55. The number of nitrogens with zero attached hydrogens (tertiary/aromatic N) is 4. The van der Waals surface area contributed by atoms with Crippen molar-refractivity contribution in [1.82, 2.24) is 14.2 Å². The van der Waals surface area contributed by atoms with Gasteiger partial charge >= 0.3 is 6.18 Å². The van der Waals surface area contributed by atoms with Crippen molar-refractivity contribution in [2.75, 3.05) is 11.4 Å². The molecule has 0 spiro atoms. The molecule has 0 radical (unpaired) electrons. The molecule has 0 bridgehead atoms. The smallest absolute Gasteiger partial charge is 0.338 e. The molecule has 5 nitrogen and oxygen atoms in total. The zero-order valence-corrected chi connectivity index (χ0v) is 16.0. The second-order valence-corrected chi connectivity index (χ2v) is 7.41. The van der Waals surface area contributed by atoms with Crippen molar-refractivity contribution < 1.29 is 18.0 Å². The molecule has 5 rings (SSSR count). The molecular weight excluding hydrogens is 393 g/mol. The van der Waals surface area contributed by atoms with Gasteiger partial charge in [-0.2, -0.15) is 18.3 Å². The maximum absolute atomic E-state index is 13.4. The molecule has 0 N–H and O–H groups in total. The summed E-state index contributed by atoms with van der Waals surface area (Å²) in [6.07, 6.45) is 1.01. The zero-order valence-electron chi connectivity index (χ0n) is 16.0. The molecule has 1 amide bonds. The summed E-state index contributed by atoms with van der Waals surface area (Å²) < 4.78 is 42.4. The number of anilines is 1. The Morgan fingerprint density at radius 3 is 2.53 bits per heavy atom. The second-order valence-electron chi connectivity index (χ2n) is 7.41. The van der Waals surface area contributed by atoms with Crippen LogP contribution in [-0.2, 0) is 6.18 Å². The van der Waals surface area contributed by atoms with Gasteiger partial charge in [-0.15, -0.1) is 0 Å². The van der Waals surface area contributed by atoms with Gasteiger partial charge in [0.2, 0.25) is 0 Å². The molecule has 1 aromatic carbocycles. The SMILES string of the molecule is C[C@H]1CN(c2ccc(C(F)(F)F)cc2)C(=O)c2c(-c3ccn4nccc4c3)ccn21. The number of carbonyl (C=O) groups excluding carboxylic acids is 1. The molecule has 0 saturated heterocycles. The monoisotopic (exact) mass is 410 g/mol. The van der Waals surface area contributed by atoms with Crippen LogP contribution in [0, 0.1) is 0 Å². The molecule has 1 atom stereocenters. The summed E-state index contributed by atoms with van der Waals surface area (Å²) >= 11 is 0. The fourth-order valence-electron chi connectivity index (χ4n) is 3.98. The molecular formula is C22H17F3N4O. The highest BCUT2D eigenvalue weighted by Crippen LogP contribution is 2.35. The van der Waals surface area contributed by atoms with E-state index < -0.39 is 11.7 Å². The van der Waals surface area contributed by atoms with Gasteiger partial charge in [0.25, 0.3) is 5.91 Å². The number of fused-ring (bicyclic) bond motifs is 2. The minimum atomic E-state index is -4.41. The van der Waals surface area contributed by atoms with E-state index in [2.05, 4.69) is 5.10 Å². The third-order valence-electron chi connectivity index (χ3n) is 5.50. The number of rotatable bonds is 2. The molecule has 0 saturated carbocycles. The third-order valence-corrected chi connectivity index (χ3v) is 5.50. The highest BCUT2D eigenvalue weighted by molar-refractivity contribution is 6.10. The predicted octanol–water partition coefficient (Wildman–Crippen LogP) is 5.04. The number of pyridine rings is 1. The number of benzene rings is 1. The van der Waals surface area contributed by atoms with Crippen molar-refractivity contribution in [2.45, 2.75) is 19.1 Å². The van der Waals surface area contributed by atoms with Crippen molar-refractivity contribution in [1.29, 1.82) is 0 Å². The number of amides is 1. The molecule has 8 heteroatoms. The Morgan fingerprint density at radius 1 is 1.03 bits per heavy atom. The van der Waals surface area contributed by atoms with Gasteiger partial charge < -0.3 is 9.47 Å². The van der Waals surface area contributed by atoms with E-state index in [0.29, 0.717) is 17.9 Å². The number of hydrogen-bond acceptors (Lipinski definition) is 2. The van der Waals surface area contributed by atoms with Crippen LogP contribution in [0.2, 0.25) is 0 Å². The van der Waals surface area contributed by atoms with Crippen molar-refractivity contribution in [3.8, 4) is 11.1 Å². The fraction of sp³-hybridized carbons (Fsp3) is 0.182. The standard InChI is InChI=1S/C22H17F3N4O/c1-14-13-28(17-4-2-16(3-5-17)22(23,24)25)21(30)20-19(8-10-27(14)20)15-7-11-29-18(12-15)6-9-26-29/h2-12,14H,13H2,1H3/t14-/m0/s1. The summed E-state index contributed by atoms with van der Waals surface area (Å²) in [7, 11) is 0. The van der Waals surface area contributed by atoms with Gasteiger partial charge in [-0.1, -0.05) is 0 Å². The maximum Gasteiger partial charge on any atom is 0.416 e. The summed E-state index contributed by atoms with van der Waals surface area (Å²) in [5.74, 6) is -0.235. The van der Waals surface area contributed by atoms with Crippen LogP contribution in [0.1, 0.15) is 29.0 Å². The van der Waals surface area contributed by atoms with Crippen LogP contribution in [0.4, 0.5) is 18.9 Å². The Morgan fingerprint density at radius 2 is 1.80 bits per heavy atom.